The Balaban J connectivity index is 2.13. The molecule has 2 rings (SSSR count). The highest BCUT2D eigenvalue weighted by molar-refractivity contribution is 5.12. The van der Waals surface area contributed by atoms with E-state index in [2.05, 4.69) is 38.2 Å². The van der Waals surface area contributed by atoms with Crippen molar-refractivity contribution in [3.8, 4) is 0 Å². The highest BCUT2D eigenvalue weighted by Gasteiger charge is 2.39. The topological polar surface area (TPSA) is 0 Å². The van der Waals surface area contributed by atoms with E-state index in [0.29, 0.717) is 0 Å². The molecule has 1 fully saturated rings. The molecule has 0 radical (unpaired) electrons. The van der Waals surface area contributed by atoms with Crippen molar-refractivity contribution in [3.05, 3.63) is 24.3 Å². The Bertz CT molecular complexity index is 212. The number of fused-ring (bicyclic) bond motifs is 1. The van der Waals surface area contributed by atoms with E-state index in [1.807, 2.05) is 0 Å². The normalized spacial score (nSPS) is 45.8. The fourth-order valence-electron chi connectivity index (χ4n) is 2.98. The molecule has 0 bridgehead atoms. The van der Waals surface area contributed by atoms with Gasteiger partial charge in [0.2, 0.25) is 0 Å². The molecule has 0 amide bonds. The summed E-state index contributed by atoms with van der Waals surface area (Å²) in [5.41, 5.74) is 0. The van der Waals surface area contributed by atoms with Crippen molar-refractivity contribution in [1.29, 1.82) is 0 Å². The molecule has 0 aliphatic heterocycles. The van der Waals surface area contributed by atoms with E-state index in [0.717, 1.165) is 23.7 Å². The van der Waals surface area contributed by atoms with Gasteiger partial charge in [0.1, 0.15) is 0 Å². The number of allylic oxidation sites excluding steroid dienone is 4. The van der Waals surface area contributed by atoms with Crippen molar-refractivity contribution in [2.24, 2.45) is 23.7 Å². The van der Waals surface area contributed by atoms with Crippen molar-refractivity contribution in [2.75, 3.05) is 0 Å². The fraction of sp³-hybridized carbons (Fsp3) is 0.667. The lowest BCUT2D eigenvalue weighted by Crippen LogP contribution is -2.08. The lowest BCUT2D eigenvalue weighted by atomic mass is 9.90. The van der Waals surface area contributed by atoms with Crippen LogP contribution in [0.5, 0.6) is 0 Å². The van der Waals surface area contributed by atoms with Crippen LogP contribution in [0.15, 0.2) is 24.3 Å². The zero-order valence-electron chi connectivity index (χ0n) is 8.03. The van der Waals surface area contributed by atoms with Crippen LogP contribution in [0.4, 0.5) is 0 Å². The molecule has 4 atom stereocenters. The molecule has 12 heavy (non-hydrogen) atoms. The minimum atomic E-state index is 0.841. The first kappa shape index (κ1) is 8.10. The molecule has 0 aromatic carbocycles. The van der Waals surface area contributed by atoms with Crippen LogP contribution in [0.3, 0.4) is 0 Å². The van der Waals surface area contributed by atoms with Gasteiger partial charge in [-0.1, -0.05) is 31.2 Å². The Morgan fingerprint density at radius 1 is 1.42 bits per heavy atom. The third kappa shape index (κ3) is 1.14. The van der Waals surface area contributed by atoms with Gasteiger partial charge in [0, 0.05) is 0 Å². The lowest BCUT2D eigenvalue weighted by Gasteiger charge is -2.14. The Kier molecular flexibility index (Phi) is 2.08. The van der Waals surface area contributed by atoms with Crippen LogP contribution < -0.4 is 0 Å². The summed E-state index contributed by atoms with van der Waals surface area (Å²) < 4.78 is 0. The largest absolute Gasteiger partial charge is 0.0914 e. The molecule has 4 unspecified atom stereocenters. The zero-order valence-corrected chi connectivity index (χ0v) is 8.03. The molecule has 2 aliphatic carbocycles. The first-order valence-corrected chi connectivity index (χ1v) is 5.12. The van der Waals surface area contributed by atoms with E-state index < -0.39 is 0 Å². The van der Waals surface area contributed by atoms with Crippen LogP contribution in [0.1, 0.15) is 26.7 Å². The summed E-state index contributed by atoms with van der Waals surface area (Å²) in [5, 5.41) is 0. The number of hydrogen-bond acceptors (Lipinski definition) is 0. The minimum absolute atomic E-state index is 0.841. The third-order valence-corrected chi connectivity index (χ3v) is 3.57. The molecule has 0 heteroatoms. The quantitative estimate of drug-likeness (QED) is 0.518. The summed E-state index contributed by atoms with van der Waals surface area (Å²) in [7, 11) is 0. The van der Waals surface area contributed by atoms with E-state index in [9.17, 15) is 0 Å². The maximum absolute atomic E-state index is 2.44. The van der Waals surface area contributed by atoms with Crippen LogP contribution in [0, 0.1) is 23.7 Å². The predicted octanol–water partition coefficient (Wildman–Crippen LogP) is 3.41. The summed E-state index contributed by atoms with van der Waals surface area (Å²) in [6.45, 7) is 4.55. The molecular weight excluding hydrogens is 144 g/mol. The van der Waals surface area contributed by atoms with Gasteiger partial charge in [-0.2, -0.15) is 0 Å². The molecule has 0 N–H and O–H groups in total. The van der Waals surface area contributed by atoms with Gasteiger partial charge in [-0.15, -0.1) is 0 Å². The summed E-state index contributed by atoms with van der Waals surface area (Å²) in [4.78, 5) is 0. The second kappa shape index (κ2) is 3.08. The van der Waals surface area contributed by atoms with E-state index in [4.69, 9.17) is 0 Å². The summed E-state index contributed by atoms with van der Waals surface area (Å²) in [6, 6.07) is 0. The van der Waals surface area contributed by atoms with Crippen molar-refractivity contribution in [3.63, 3.8) is 0 Å². The van der Waals surface area contributed by atoms with Gasteiger partial charge < -0.3 is 0 Å². The van der Waals surface area contributed by atoms with Crippen LogP contribution in [-0.2, 0) is 0 Å². The first-order chi connectivity index (χ1) is 5.83. The molecule has 2 aliphatic rings. The van der Waals surface area contributed by atoms with Gasteiger partial charge >= 0.3 is 0 Å². The Morgan fingerprint density at radius 3 is 3.00 bits per heavy atom. The third-order valence-electron chi connectivity index (χ3n) is 3.57. The smallest absolute Gasteiger partial charge is 0.0137 e. The van der Waals surface area contributed by atoms with E-state index in [-0.39, 0.29) is 0 Å². The molecule has 0 nitrogen and oxygen atoms in total. The van der Waals surface area contributed by atoms with E-state index in [1.54, 1.807) is 0 Å². The van der Waals surface area contributed by atoms with Crippen molar-refractivity contribution in [2.45, 2.75) is 26.7 Å². The average molecular weight is 162 g/mol. The van der Waals surface area contributed by atoms with Crippen LogP contribution in [0.2, 0.25) is 0 Å². The standard InChI is InChI=1S/C12H18/c1-3-5-10-8-9(2)11-6-4-7-12(10)11/h3-5,7,9-12H,6,8H2,1-2H3/b5-3+. The average Bonchev–Trinajstić information content (AvgIpc) is 2.58. The Labute approximate surface area is 75.4 Å². The maximum Gasteiger partial charge on any atom is -0.0137 e. The van der Waals surface area contributed by atoms with Gasteiger partial charge in [-0.05, 0) is 43.4 Å². The van der Waals surface area contributed by atoms with Crippen LogP contribution in [0.25, 0.3) is 0 Å². The van der Waals surface area contributed by atoms with Crippen molar-refractivity contribution < 1.29 is 0 Å². The molecule has 66 valence electrons. The molecule has 0 aromatic rings. The first-order valence-electron chi connectivity index (χ1n) is 5.12. The van der Waals surface area contributed by atoms with E-state index >= 15 is 0 Å². The van der Waals surface area contributed by atoms with Crippen molar-refractivity contribution in [1.82, 2.24) is 0 Å². The Morgan fingerprint density at radius 2 is 2.25 bits per heavy atom. The summed E-state index contributed by atoms with van der Waals surface area (Å²) >= 11 is 0. The van der Waals surface area contributed by atoms with Crippen LogP contribution >= 0.6 is 0 Å². The molecule has 0 spiro atoms. The predicted molar refractivity (Wildman–Crippen MR) is 52.8 cm³/mol. The van der Waals surface area contributed by atoms with Gasteiger partial charge in [0.25, 0.3) is 0 Å². The SMILES string of the molecule is C/C=C/C1CC(C)C2CC=CC12. The van der Waals surface area contributed by atoms with Gasteiger partial charge in [0.05, 0.1) is 0 Å². The molecule has 0 heterocycles. The second-order valence-corrected chi connectivity index (χ2v) is 4.31. The Hall–Kier alpha value is -0.520. The summed E-state index contributed by atoms with van der Waals surface area (Å²) in [6.07, 6.45) is 12.2. The molecular formula is C12H18. The molecule has 0 saturated heterocycles. The van der Waals surface area contributed by atoms with Gasteiger partial charge in [-0.3, -0.25) is 0 Å². The lowest BCUT2D eigenvalue weighted by molar-refractivity contribution is 0.388. The maximum atomic E-state index is 2.44. The van der Waals surface area contributed by atoms with Gasteiger partial charge in [0.15, 0.2) is 0 Å². The highest BCUT2D eigenvalue weighted by Crippen LogP contribution is 2.47. The number of hydrogen-bond donors (Lipinski definition) is 0. The molecule has 1 saturated carbocycles. The van der Waals surface area contributed by atoms with E-state index in [1.165, 1.54) is 12.8 Å². The summed E-state index contributed by atoms with van der Waals surface area (Å²) in [5.74, 6) is 3.61. The number of rotatable bonds is 1. The second-order valence-electron chi connectivity index (χ2n) is 4.31. The highest BCUT2D eigenvalue weighted by atomic mass is 14.4. The van der Waals surface area contributed by atoms with Crippen LogP contribution in [-0.4, -0.2) is 0 Å². The van der Waals surface area contributed by atoms with Crippen molar-refractivity contribution >= 4 is 0 Å². The van der Waals surface area contributed by atoms with Gasteiger partial charge in [-0.25, -0.2) is 0 Å². The molecule has 0 aromatic heterocycles. The zero-order chi connectivity index (χ0) is 8.55. The monoisotopic (exact) mass is 162 g/mol. The fourth-order valence-corrected chi connectivity index (χ4v) is 2.98. The minimum Gasteiger partial charge on any atom is -0.0914 e.